The summed E-state index contributed by atoms with van der Waals surface area (Å²) in [7, 11) is 1.71. The molecule has 0 aliphatic rings. The van der Waals surface area contributed by atoms with Crippen molar-refractivity contribution in [3.05, 3.63) is 11.9 Å². The molecule has 4 heteroatoms. The first kappa shape index (κ1) is 15.0. The monoisotopic (exact) mass is 253 g/mol. The van der Waals surface area contributed by atoms with Crippen molar-refractivity contribution in [2.24, 2.45) is 5.92 Å². The molecule has 0 saturated carbocycles. The van der Waals surface area contributed by atoms with E-state index in [0.29, 0.717) is 18.0 Å². The van der Waals surface area contributed by atoms with Crippen LogP contribution >= 0.6 is 0 Å². The molecule has 0 aromatic carbocycles. The lowest BCUT2D eigenvalue weighted by molar-refractivity contribution is 0.361. The molecule has 0 spiro atoms. The highest BCUT2D eigenvalue weighted by Gasteiger charge is 2.23. The maximum atomic E-state index is 5.46. The zero-order valence-electron chi connectivity index (χ0n) is 12.5. The van der Waals surface area contributed by atoms with Gasteiger partial charge in [0.1, 0.15) is 0 Å². The van der Waals surface area contributed by atoms with Gasteiger partial charge in [-0.05, 0) is 32.7 Å². The van der Waals surface area contributed by atoms with Gasteiger partial charge in [-0.1, -0.05) is 20.8 Å². The first-order chi connectivity index (χ1) is 8.51. The number of nitrogens with one attached hydrogen (secondary N) is 1. The van der Waals surface area contributed by atoms with Crippen molar-refractivity contribution in [3.63, 3.8) is 0 Å². The third-order valence-corrected chi connectivity index (χ3v) is 3.00. The lowest BCUT2D eigenvalue weighted by atomic mass is 10.0. The summed E-state index contributed by atoms with van der Waals surface area (Å²) in [5.74, 6) is 1.52. The molecular formula is C14H27N3O. The van der Waals surface area contributed by atoms with E-state index < -0.39 is 0 Å². The fourth-order valence-electron chi connectivity index (χ4n) is 2.27. The van der Waals surface area contributed by atoms with Crippen LogP contribution in [0.25, 0.3) is 0 Å². The van der Waals surface area contributed by atoms with E-state index in [2.05, 4.69) is 49.7 Å². The predicted molar refractivity (Wildman–Crippen MR) is 75.0 cm³/mol. The number of aromatic nitrogens is 2. The van der Waals surface area contributed by atoms with Gasteiger partial charge in [0.2, 0.25) is 0 Å². The first-order valence-electron chi connectivity index (χ1n) is 6.85. The van der Waals surface area contributed by atoms with Crippen molar-refractivity contribution in [1.29, 1.82) is 0 Å². The molecule has 0 saturated heterocycles. The Bertz CT molecular complexity index is 358. The van der Waals surface area contributed by atoms with Gasteiger partial charge in [0, 0.05) is 6.04 Å². The van der Waals surface area contributed by atoms with Crippen LogP contribution in [0, 0.1) is 5.92 Å². The summed E-state index contributed by atoms with van der Waals surface area (Å²) < 4.78 is 7.53. The topological polar surface area (TPSA) is 39.1 Å². The smallest absolute Gasteiger partial charge is 0.161 e. The molecule has 4 nitrogen and oxygen atoms in total. The number of hydrogen-bond acceptors (Lipinski definition) is 3. The third kappa shape index (κ3) is 3.48. The molecule has 104 valence electrons. The molecule has 0 radical (unpaired) electrons. The molecule has 1 rings (SSSR count). The lowest BCUT2D eigenvalue weighted by Crippen LogP contribution is -2.26. The normalized spacial score (nSPS) is 13.3. The lowest BCUT2D eigenvalue weighted by Gasteiger charge is -2.23. The van der Waals surface area contributed by atoms with Crippen molar-refractivity contribution in [1.82, 2.24) is 15.1 Å². The van der Waals surface area contributed by atoms with E-state index in [1.807, 2.05) is 6.20 Å². The number of hydrogen-bond donors (Lipinski definition) is 1. The van der Waals surface area contributed by atoms with Gasteiger partial charge >= 0.3 is 0 Å². The highest BCUT2D eigenvalue weighted by molar-refractivity contribution is 5.28. The van der Waals surface area contributed by atoms with E-state index in [0.717, 1.165) is 18.7 Å². The molecule has 18 heavy (non-hydrogen) atoms. The van der Waals surface area contributed by atoms with Gasteiger partial charge in [0.25, 0.3) is 0 Å². The Labute approximate surface area is 111 Å². The van der Waals surface area contributed by atoms with E-state index in [-0.39, 0.29) is 0 Å². The standard InChI is InChI=1S/C14H27N3O/c1-7-15-12(8-10(2)3)14-13(18-6)9-16-17(14)11(4)5/h9-12,15H,7-8H2,1-6H3. The SMILES string of the molecule is CCNC(CC(C)C)c1c(OC)cnn1C(C)C. The van der Waals surface area contributed by atoms with E-state index >= 15 is 0 Å². The Morgan fingerprint density at radius 2 is 2.00 bits per heavy atom. The zero-order chi connectivity index (χ0) is 13.7. The van der Waals surface area contributed by atoms with Gasteiger partial charge in [0.15, 0.2) is 5.75 Å². The minimum absolute atomic E-state index is 0.301. The van der Waals surface area contributed by atoms with Gasteiger partial charge in [0.05, 0.1) is 25.0 Å². The predicted octanol–water partition coefficient (Wildman–Crippen LogP) is 3.17. The Morgan fingerprint density at radius 1 is 1.33 bits per heavy atom. The summed E-state index contributed by atoms with van der Waals surface area (Å²) in [4.78, 5) is 0. The molecule has 1 unspecified atom stereocenters. The number of ether oxygens (including phenoxy) is 1. The summed E-state index contributed by atoms with van der Waals surface area (Å²) in [6, 6.07) is 0.645. The molecule has 1 N–H and O–H groups in total. The minimum Gasteiger partial charge on any atom is -0.493 e. The Kier molecular flexibility index (Phi) is 5.66. The summed E-state index contributed by atoms with van der Waals surface area (Å²) in [6.45, 7) is 11.9. The summed E-state index contributed by atoms with van der Waals surface area (Å²) in [6.07, 6.45) is 2.91. The average molecular weight is 253 g/mol. The second kappa shape index (κ2) is 6.78. The summed E-state index contributed by atoms with van der Waals surface area (Å²) in [5.41, 5.74) is 1.17. The van der Waals surface area contributed by atoms with Gasteiger partial charge in [-0.2, -0.15) is 5.10 Å². The van der Waals surface area contributed by atoms with Crippen LogP contribution in [0.5, 0.6) is 5.75 Å². The summed E-state index contributed by atoms with van der Waals surface area (Å²) >= 11 is 0. The van der Waals surface area contributed by atoms with Crippen molar-refractivity contribution >= 4 is 0 Å². The Hall–Kier alpha value is -1.03. The van der Waals surface area contributed by atoms with Gasteiger partial charge in [-0.15, -0.1) is 0 Å². The van der Waals surface area contributed by atoms with E-state index in [1.54, 1.807) is 7.11 Å². The van der Waals surface area contributed by atoms with Crippen LogP contribution in [-0.2, 0) is 0 Å². The van der Waals surface area contributed by atoms with Gasteiger partial charge < -0.3 is 10.1 Å². The van der Waals surface area contributed by atoms with Gasteiger partial charge in [-0.25, -0.2) is 0 Å². The average Bonchev–Trinajstić information content (AvgIpc) is 2.71. The molecule has 0 bridgehead atoms. The Balaban J connectivity index is 3.10. The van der Waals surface area contributed by atoms with Crippen LogP contribution in [0.4, 0.5) is 0 Å². The minimum atomic E-state index is 0.301. The largest absolute Gasteiger partial charge is 0.493 e. The molecule has 1 aromatic rings. The number of rotatable bonds is 7. The van der Waals surface area contributed by atoms with Gasteiger partial charge in [-0.3, -0.25) is 4.68 Å². The third-order valence-electron chi connectivity index (χ3n) is 3.00. The van der Waals surface area contributed by atoms with Crippen LogP contribution in [0.2, 0.25) is 0 Å². The maximum absolute atomic E-state index is 5.46. The van der Waals surface area contributed by atoms with Crippen LogP contribution in [0.15, 0.2) is 6.20 Å². The quantitative estimate of drug-likeness (QED) is 0.811. The molecular weight excluding hydrogens is 226 g/mol. The molecule has 0 aliphatic carbocycles. The summed E-state index contributed by atoms with van der Waals surface area (Å²) in [5, 5.41) is 7.99. The fraction of sp³-hybridized carbons (Fsp3) is 0.786. The molecule has 0 aliphatic heterocycles. The van der Waals surface area contributed by atoms with E-state index in [9.17, 15) is 0 Å². The first-order valence-corrected chi connectivity index (χ1v) is 6.85. The molecule has 0 fully saturated rings. The zero-order valence-corrected chi connectivity index (χ0v) is 12.5. The second-order valence-electron chi connectivity index (χ2n) is 5.38. The maximum Gasteiger partial charge on any atom is 0.161 e. The van der Waals surface area contributed by atoms with Crippen molar-refractivity contribution in [2.45, 2.75) is 53.1 Å². The molecule has 0 amide bonds. The molecule has 1 heterocycles. The number of methoxy groups -OCH3 is 1. The van der Waals surface area contributed by atoms with Crippen molar-refractivity contribution in [2.75, 3.05) is 13.7 Å². The van der Waals surface area contributed by atoms with Crippen LogP contribution in [0.1, 0.15) is 58.8 Å². The molecule has 1 atom stereocenters. The van der Waals surface area contributed by atoms with Crippen LogP contribution in [-0.4, -0.2) is 23.4 Å². The number of nitrogens with zero attached hydrogens (tertiary/aromatic N) is 2. The van der Waals surface area contributed by atoms with E-state index in [4.69, 9.17) is 4.74 Å². The van der Waals surface area contributed by atoms with Crippen molar-refractivity contribution < 1.29 is 4.74 Å². The van der Waals surface area contributed by atoms with Crippen LogP contribution < -0.4 is 10.1 Å². The highest BCUT2D eigenvalue weighted by Crippen LogP contribution is 2.31. The van der Waals surface area contributed by atoms with Crippen molar-refractivity contribution in [3.8, 4) is 5.75 Å². The molecule has 1 aromatic heterocycles. The highest BCUT2D eigenvalue weighted by atomic mass is 16.5. The fourth-order valence-corrected chi connectivity index (χ4v) is 2.27. The van der Waals surface area contributed by atoms with E-state index in [1.165, 1.54) is 5.69 Å². The van der Waals surface area contributed by atoms with Crippen LogP contribution in [0.3, 0.4) is 0 Å². The Morgan fingerprint density at radius 3 is 2.44 bits per heavy atom. The second-order valence-corrected chi connectivity index (χ2v) is 5.38.